The van der Waals surface area contributed by atoms with Gasteiger partial charge in [0.05, 0.1) is 11.1 Å². The predicted octanol–water partition coefficient (Wildman–Crippen LogP) is 5.02. The van der Waals surface area contributed by atoms with Gasteiger partial charge in [-0.05, 0) is 41.1 Å². The molecule has 1 fully saturated rings. The van der Waals surface area contributed by atoms with Crippen LogP contribution < -0.4 is 9.64 Å². The van der Waals surface area contributed by atoms with Crippen molar-refractivity contribution in [2.45, 2.75) is 6.92 Å². The van der Waals surface area contributed by atoms with Crippen molar-refractivity contribution < 1.29 is 27.1 Å². The number of anilines is 1. The van der Waals surface area contributed by atoms with Gasteiger partial charge in [-0.2, -0.15) is 0 Å². The first-order chi connectivity index (χ1) is 13.8. The zero-order valence-corrected chi connectivity index (χ0v) is 17.6. The Hall–Kier alpha value is -2.00. The van der Waals surface area contributed by atoms with Crippen LogP contribution in [0.3, 0.4) is 0 Å². The third-order valence-corrected chi connectivity index (χ3v) is 5.50. The molecule has 2 aromatic carbocycles. The van der Waals surface area contributed by atoms with Crippen LogP contribution in [0.25, 0.3) is 0 Å². The van der Waals surface area contributed by atoms with E-state index in [2.05, 4.69) is 15.9 Å². The second-order valence-corrected chi connectivity index (χ2v) is 7.51. The number of nitrogens with zero attached hydrogens (tertiary/aromatic N) is 2. The highest BCUT2D eigenvalue weighted by Gasteiger charge is 2.31. The molecule has 1 saturated heterocycles. The molecule has 3 rings (SSSR count). The molecule has 1 amide bonds. The molecule has 0 saturated carbocycles. The normalized spacial score (nSPS) is 14.3. The zero-order valence-electron chi connectivity index (χ0n) is 15.2. The van der Waals surface area contributed by atoms with Crippen LogP contribution >= 0.6 is 27.5 Å². The van der Waals surface area contributed by atoms with Crippen LogP contribution in [-0.4, -0.2) is 43.6 Å². The standard InChI is InChI=1S/C19H16BrClF4N2O2/c1-2-29-12-4-3-10(9-11(12)20)19(28)27-7-5-26(6-8-27)18-16(24)14(22)13(21)15(23)17(18)25/h3-4,9H,2,5-8H2,1H3. The van der Waals surface area contributed by atoms with Crippen molar-refractivity contribution in [1.29, 1.82) is 0 Å². The molecule has 1 heterocycles. The number of halogens is 6. The second kappa shape index (κ2) is 8.79. The van der Waals surface area contributed by atoms with Crippen LogP contribution in [0.15, 0.2) is 22.7 Å². The van der Waals surface area contributed by atoms with Gasteiger partial charge >= 0.3 is 0 Å². The summed E-state index contributed by atoms with van der Waals surface area (Å²) in [6, 6.07) is 4.91. The highest BCUT2D eigenvalue weighted by molar-refractivity contribution is 9.10. The first kappa shape index (κ1) is 21.7. The van der Waals surface area contributed by atoms with Crippen LogP contribution in [0, 0.1) is 23.3 Å². The number of amides is 1. The SMILES string of the molecule is CCOc1ccc(C(=O)N2CCN(c3c(F)c(F)c(Cl)c(F)c3F)CC2)cc1Br. The Bertz CT molecular complexity index is 923. The van der Waals surface area contributed by atoms with Gasteiger partial charge in [-0.1, -0.05) is 11.6 Å². The van der Waals surface area contributed by atoms with Crippen LogP contribution in [0.1, 0.15) is 17.3 Å². The van der Waals surface area contributed by atoms with Gasteiger partial charge in [0.25, 0.3) is 5.91 Å². The lowest BCUT2D eigenvalue weighted by atomic mass is 10.1. The van der Waals surface area contributed by atoms with Gasteiger partial charge in [0.15, 0.2) is 23.3 Å². The number of carbonyl (C=O) groups excluding carboxylic acids is 1. The first-order valence-corrected chi connectivity index (χ1v) is 9.91. The molecule has 29 heavy (non-hydrogen) atoms. The molecule has 0 aliphatic carbocycles. The highest BCUT2D eigenvalue weighted by Crippen LogP contribution is 2.34. The van der Waals surface area contributed by atoms with Gasteiger partial charge in [0.1, 0.15) is 16.5 Å². The molecular weight excluding hydrogens is 480 g/mol. The molecule has 0 radical (unpaired) electrons. The average Bonchev–Trinajstić information content (AvgIpc) is 2.72. The summed E-state index contributed by atoms with van der Waals surface area (Å²) in [5.74, 6) is -6.06. The largest absolute Gasteiger partial charge is 0.493 e. The Morgan fingerprint density at radius 1 is 1.07 bits per heavy atom. The number of carbonyl (C=O) groups is 1. The summed E-state index contributed by atoms with van der Waals surface area (Å²) in [5, 5.41) is -1.22. The predicted molar refractivity (Wildman–Crippen MR) is 105 cm³/mol. The van der Waals surface area contributed by atoms with Crippen molar-refractivity contribution in [2.24, 2.45) is 0 Å². The number of ether oxygens (including phenoxy) is 1. The number of hydrogen-bond donors (Lipinski definition) is 0. The summed E-state index contributed by atoms with van der Waals surface area (Å²) in [7, 11) is 0. The average molecular weight is 496 g/mol. The minimum Gasteiger partial charge on any atom is -0.493 e. The topological polar surface area (TPSA) is 32.8 Å². The maximum absolute atomic E-state index is 14.1. The van der Waals surface area contributed by atoms with E-state index in [-0.39, 0.29) is 32.1 Å². The molecular formula is C19H16BrClF4N2O2. The summed E-state index contributed by atoms with van der Waals surface area (Å²) in [6.45, 7) is 2.56. The van der Waals surface area contributed by atoms with E-state index in [0.717, 1.165) is 4.90 Å². The molecule has 0 N–H and O–H groups in total. The van der Waals surface area contributed by atoms with Crippen LogP contribution in [0.2, 0.25) is 5.02 Å². The summed E-state index contributed by atoms with van der Waals surface area (Å²) in [6.07, 6.45) is 0. The van der Waals surface area contributed by atoms with Crippen molar-refractivity contribution in [1.82, 2.24) is 4.90 Å². The van der Waals surface area contributed by atoms with Gasteiger partial charge in [-0.25, -0.2) is 17.6 Å². The van der Waals surface area contributed by atoms with Crippen LogP contribution in [-0.2, 0) is 0 Å². The van der Waals surface area contributed by atoms with Gasteiger partial charge in [0, 0.05) is 31.7 Å². The van der Waals surface area contributed by atoms with E-state index >= 15 is 0 Å². The van der Waals surface area contributed by atoms with Gasteiger partial charge in [0.2, 0.25) is 0 Å². The molecule has 0 atom stereocenters. The van der Waals surface area contributed by atoms with E-state index in [1.165, 1.54) is 4.90 Å². The number of benzene rings is 2. The van der Waals surface area contributed by atoms with Crippen molar-refractivity contribution in [2.75, 3.05) is 37.7 Å². The van der Waals surface area contributed by atoms with E-state index in [4.69, 9.17) is 16.3 Å². The monoisotopic (exact) mass is 494 g/mol. The van der Waals surface area contributed by atoms with Crippen molar-refractivity contribution >= 4 is 39.1 Å². The molecule has 2 aromatic rings. The van der Waals surface area contributed by atoms with Gasteiger partial charge in [-0.3, -0.25) is 4.79 Å². The first-order valence-electron chi connectivity index (χ1n) is 8.74. The molecule has 0 aromatic heterocycles. The maximum atomic E-state index is 14.1. The Labute approximate surface area is 178 Å². The maximum Gasteiger partial charge on any atom is 0.254 e. The lowest BCUT2D eigenvalue weighted by Gasteiger charge is -2.36. The minimum absolute atomic E-state index is 0.00170. The van der Waals surface area contributed by atoms with Crippen molar-refractivity contribution in [3.05, 3.63) is 56.5 Å². The molecule has 156 valence electrons. The fraction of sp³-hybridized carbons (Fsp3) is 0.316. The van der Waals surface area contributed by atoms with Gasteiger partial charge in [-0.15, -0.1) is 0 Å². The molecule has 0 spiro atoms. The summed E-state index contributed by atoms with van der Waals surface area (Å²) >= 11 is 8.61. The third kappa shape index (κ3) is 4.16. The zero-order chi connectivity index (χ0) is 21.3. The van der Waals surface area contributed by atoms with Gasteiger partial charge < -0.3 is 14.5 Å². The van der Waals surface area contributed by atoms with Crippen molar-refractivity contribution in [3.63, 3.8) is 0 Å². The Balaban J connectivity index is 1.75. The lowest BCUT2D eigenvalue weighted by Crippen LogP contribution is -2.49. The molecule has 10 heteroatoms. The summed E-state index contributed by atoms with van der Waals surface area (Å²) in [5.41, 5.74) is -0.407. The van der Waals surface area contributed by atoms with Crippen molar-refractivity contribution in [3.8, 4) is 5.75 Å². The molecule has 0 unspecified atom stereocenters. The fourth-order valence-electron chi connectivity index (χ4n) is 3.09. The minimum atomic E-state index is -1.64. The molecule has 4 nitrogen and oxygen atoms in total. The lowest BCUT2D eigenvalue weighted by molar-refractivity contribution is 0.0746. The fourth-order valence-corrected chi connectivity index (χ4v) is 3.75. The molecule has 1 aliphatic rings. The van der Waals surface area contributed by atoms with Crippen LogP contribution in [0.5, 0.6) is 5.75 Å². The second-order valence-electron chi connectivity index (χ2n) is 6.28. The third-order valence-electron chi connectivity index (χ3n) is 4.55. The quantitative estimate of drug-likeness (QED) is 0.339. The van der Waals surface area contributed by atoms with E-state index in [1.807, 2.05) is 6.92 Å². The van der Waals surface area contributed by atoms with E-state index < -0.39 is 34.0 Å². The van der Waals surface area contributed by atoms with E-state index in [1.54, 1.807) is 18.2 Å². The highest BCUT2D eigenvalue weighted by atomic mass is 79.9. The summed E-state index contributed by atoms with van der Waals surface area (Å²) < 4.78 is 61.8. The number of hydrogen-bond acceptors (Lipinski definition) is 3. The van der Waals surface area contributed by atoms with E-state index in [9.17, 15) is 22.4 Å². The van der Waals surface area contributed by atoms with Crippen LogP contribution in [0.4, 0.5) is 23.2 Å². The Morgan fingerprint density at radius 3 is 2.17 bits per heavy atom. The Kier molecular flexibility index (Phi) is 6.58. The molecule has 1 aliphatic heterocycles. The summed E-state index contributed by atoms with van der Waals surface area (Å²) in [4.78, 5) is 15.4. The molecule has 0 bridgehead atoms. The number of rotatable bonds is 4. The Morgan fingerprint density at radius 2 is 1.66 bits per heavy atom. The van der Waals surface area contributed by atoms with E-state index in [0.29, 0.717) is 22.4 Å². The smallest absolute Gasteiger partial charge is 0.254 e. The number of piperazine rings is 1.